The molecule has 2 unspecified atom stereocenters. The molecule has 3 nitrogen and oxygen atoms in total. The Labute approximate surface area is 84.2 Å². The molecule has 0 aromatic carbocycles. The standard InChI is InChI=1S/C7H10AsN3S/c8-7-10-6(4-12-7)3-11-2-1-9-5-11/h1-2,5-6H,3-4,8H2. The molecule has 0 saturated heterocycles. The predicted molar refractivity (Wildman–Crippen MR) is 54.5 cm³/mol. The van der Waals surface area contributed by atoms with Gasteiger partial charge in [-0.3, -0.25) is 0 Å². The normalized spacial score (nSPS) is 22.8. The van der Waals surface area contributed by atoms with E-state index in [1.54, 1.807) is 16.9 Å². The van der Waals surface area contributed by atoms with E-state index >= 15 is 0 Å². The molecule has 12 heavy (non-hydrogen) atoms. The molecule has 64 valence electrons. The molecule has 0 spiro atoms. The van der Waals surface area contributed by atoms with Crippen molar-refractivity contribution in [3.8, 4) is 0 Å². The summed E-state index contributed by atoms with van der Waals surface area (Å²) in [5.41, 5.74) is 0. The van der Waals surface area contributed by atoms with E-state index in [4.69, 9.17) is 0 Å². The van der Waals surface area contributed by atoms with Crippen LogP contribution in [-0.2, 0) is 6.54 Å². The van der Waals surface area contributed by atoms with Crippen LogP contribution in [0, 0.1) is 0 Å². The molecule has 2 heterocycles. The van der Waals surface area contributed by atoms with Crippen LogP contribution >= 0.6 is 11.8 Å². The average molecular weight is 243 g/mol. The zero-order chi connectivity index (χ0) is 8.39. The van der Waals surface area contributed by atoms with Gasteiger partial charge in [-0.1, -0.05) is 0 Å². The Bertz CT molecular complexity index is 283. The van der Waals surface area contributed by atoms with E-state index in [0.29, 0.717) is 6.04 Å². The molecular formula is C7H10AsN3S. The second-order valence-electron chi connectivity index (χ2n) is 2.69. The summed E-state index contributed by atoms with van der Waals surface area (Å²) in [6.45, 7) is 0.973. The number of thioether (sulfide) groups is 1. The number of hydrogen-bond donors (Lipinski definition) is 0. The van der Waals surface area contributed by atoms with Crippen molar-refractivity contribution in [1.82, 2.24) is 9.55 Å². The van der Waals surface area contributed by atoms with Crippen molar-refractivity contribution in [1.29, 1.82) is 0 Å². The topological polar surface area (TPSA) is 30.2 Å². The molecular weight excluding hydrogens is 233 g/mol. The van der Waals surface area contributed by atoms with Gasteiger partial charge in [0.2, 0.25) is 0 Å². The minimum atomic E-state index is 0.464. The summed E-state index contributed by atoms with van der Waals surface area (Å²) in [4.78, 5) is 8.52. The van der Waals surface area contributed by atoms with Crippen molar-refractivity contribution in [2.45, 2.75) is 12.6 Å². The molecule has 5 heteroatoms. The molecule has 0 bridgehead atoms. The van der Waals surface area contributed by atoms with E-state index in [-0.39, 0.29) is 0 Å². The number of rotatable bonds is 2. The summed E-state index contributed by atoms with van der Waals surface area (Å²) in [7, 11) is 0. The first-order valence-corrected chi connectivity index (χ1v) is 5.96. The van der Waals surface area contributed by atoms with Gasteiger partial charge in [0.15, 0.2) is 0 Å². The van der Waals surface area contributed by atoms with Crippen molar-refractivity contribution >= 4 is 32.4 Å². The number of nitrogens with zero attached hydrogens (tertiary/aromatic N) is 3. The van der Waals surface area contributed by atoms with Gasteiger partial charge in [-0.15, -0.1) is 0 Å². The van der Waals surface area contributed by atoms with Crippen LogP contribution < -0.4 is 0 Å². The van der Waals surface area contributed by atoms with E-state index in [0.717, 1.165) is 12.3 Å². The monoisotopic (exact) mass is 243 g/mol. The second kappa shape index (κ2) is 3.67. The predicted octanol–water partition coefficient (Wildman–Crippen LogP) is -0.0124. The van der Waals surface area contributed by atoms with Gasteiger partial charge in [-0.05, 0) is 0 Å². The third kappa shape index (κ3) is 1.93. The minimum absolute atomic E-state index is 0.464. The Balaban J connectivity index is 1.97. The summed E-state index contributed by atoms with van der Waals surface area (Å²) < 4.78 is 3.35. The Morgan fingerprint density at radius 2 is 2.67 bits per heavy atom. The first-order chi connectivity index (χ1) is 5.84. The molecule has 0 saturated carbocycles. The van der Waals surface area contributed by atoms with Crippen molar-refractivity contribution in [2.24, 2.45) is 4.99 Å². The SMILES string of the molecule is [AsH2]C1=NC(Cn2ccnc2)CS1. The Hall–Kier alpha value is -0.212. The number of imidazole rings is 1. The fraction of sp³-hybridized carbons (Fsp3) is 0.429. The number of hydrogen-bond acceptors (Lipinski definition) is 3. The molecule has 1 aliphatic rings. The molecule has 2 rings (SSSR count). The molecule has 2 atom stereocenters. The molecule has 0 aliphatic carbocycles. The molecule has 0 fully saturated rings. The van der Waals surface area contributed by atoms with Crippen LogP contribution in [0.5, 0.6) is 0 Å². The van der Waals surface area contributed by atoms with E-state index < -0.39 is 0 Å². The van der Waals surface area contributed by atoms with Gasteiger partial charge in [-0.25, -0.2) is 0 Å². The van der Waals surface area contributed by atoms with Crippen molar-refractivity contribution in [2.75, 3.05) is 5.75 Å². The Morgan fingerprint density at radius 1 is 1.75 bits per heavy atom. The van der Waals surface area contributed by atoms with Gasteiger partial charge >= 0.3 is 84.1 Å². The summed E-state index contributed by atoms with van der Waals surface area (Å²) in [6, 6.07) is 0.464. The van der Waals surface area contributed by atoms with Crippen LogP contribution in [-0.4, -0.2) is 42.0 Å². The molecule has 1 aromatic rings. The molecule has 0 N–H and O–H groups in total. The number of aromatic nitrogens is 2. The first-order valence-electron chi connectivity index (χ1n) is 3.76. The Morgan fingerprint density at radius 3 is 3.25 bits per heavy atom. The maximum absolute atomic E-state index is 4.52. The zero-order valence-electron chi connectivity index (χ0n) is 6.55. The van der Waals surface area contributed by atoms with Gasteiger partial charge in [0.05, 0.1) is 0 Å². The van der Waals surface area contributed by atoms with Gasteiger partial charge in [0, 0.05) is 0 Å². The summed E-state index contributed by atoms with van der Waals surface area (Å²) >= 11 is 3.50. The summed E-state index contributed by atoms with van der Waals surface area (Å²) in [6.07, 6.45) is 5.64. The van der Waals surface area contributed by atoms with E-state index in [1.807, 2.05) is 30.5 Å². The van der Waals surface area contributed by atoms with E-state index in [2.05, 4.69) is 14.5 Å². The summed E-state index contributed by atoms with van der Waals surface area (Å²) in [5, 5.41) is 0. The van der Waals surface area contributed by atoms with Crippen molar-refractivity contribution in [3.63, 3.8) is 0 Å². The summed E-state index contributed by atoms with van der Waals surface area (Å²) in [5.74, 6) is 1.13. The van der Waals surface area contributed by atoms with Gasteiger partial charge < -0.3 is 0 Å². The first kappa shape index (κ1) is 8.39. The molecule has 1 aromatic heterocycles. The molecule has 0 amide bonds. The fourth-order valence-electron chi connectivity index (χ4n) is 1.17. The fourth-order valence-corrected chi connectivity index (χ4v) is 2.98. The van der Waals surface area contributed by atoms with Crippen molar-refractivity contribution in [3.05, 3.63) is 18.7 Å². The van der Waals surface area contributed by atoms with Crippen LogP contribution in [0.4, 0.5) is 0 Å². The maximum atomic E-state index is 4.52. The van der Waals surface area contributed by atoms with Gasteiger partial charge in [0.1, 0.15) is 0 Å². The average Bonchev–Trinajstić information content (AvgIpc) is 2.63. The van der Waals surface area contributed by atoms with Crippen LogP contribution in [0.25, 0.3) is 0 Å². The third-order valence-electron chi connectivity index (χ3n) is 1.71. The second-order valence-corrected chi connectivity index (χ2v) is 5.76. The van der Waals surface area contributed by atoms with E-state index in [9.17, 15) is 0 Å². The quantitative estimate of drug-likeness (QED) is 0.684. The van der Waals surface area contributed by atoms with Gasteiger partial charge in [-0.2, -0.15) is 0 Å². The van der Waals surface area contributed by atoms with Crippen LogP contribution in [0.3, 0.4) is 0 Å². The Kier molecular flexibility index (Phi) is 2.56. The van der Waals surface area contributed by atoms with Crippen molar-refractivity contribution < 1.29 is 0 Å². The molecule has 0 radical (unpaired) electrons. The van der Waals surface area contributed by atoms with Crippen LogP contribution in [0.15, 0.2) is 23.7 Å². The van der Waals surface area contributed by atoms with Crippen LogP contribution in [0.2, 0.25) is 0 Å². The van der Waals surface area contributed by atoms with Crippen LogP contribution in [0.1, 0.15) is 0 Å². The molecule has 1 aliphatic heterocycles. The third-order valence-corrected chi connectivity index (χ3v) is 4.03. The zero-order valence-corrected chi connectivity index (χ0v) is 9.79. The number of aliphatic imine (C=N–C) groups is 1. The van der Waals surface area contributed by atoms with E-state index in [1.165, 1.54) is 3.83 Å². The van der Waals surface area contributed by atoms with Gasteiger partial charge in [0.25, 0.3) is 0 Å².